The second kappa shape index (κ2) is 18.0. The maximum absolute atomic E-state index is 13.2. The second-order valence-corrected chi connectivity index (χ2v) is 11.8. The molecule has 1 fully saturated rings. The van der Waals surface area contributed by atoms with Crippen molar-refractivity contribution in [2.24, 2.45) is 0 Å². The van der Waals surface area contributed by atoms with Gasteiger partial charge in [0.2, 0.25) is 18.2 Å². The van der Waals surface area contributed by atoms with Crippen LogP contribution in [0.2, 0.25) is 5.02 Å². The third-order valence-electron chi connectivity index (χ3n) is 7.34. The average molecular weight is 821 g/mol. The molecule has 0 unspecified atom stereocenters. The molecule has 1 aromatic carbocycles. The summed E-state index contributed by atoms with van der Waals surface area (Å²) in [6, 6.07) is 9.51. The predicted molar refractivity (Wildman–Crippen MR) is 181 cm³/mol. The Labute approximate surface area is 314 Å². The minimum Gasteiger partial charge on any atom is -0.339 e. The first kappa shape index (κ1) is 42.6. The number of amides is 2. The number of rotatable bonds is 3. The summed E-state index contributed by atoms with van der Waals surface area (Å²) in [5, 5.41) is 9.99. The van der Waals surface area contributed by atoms with Gasteiger partial charge in [0.05, 0.1) is 18.1 Å². The first-order valence-corrected chi connectivity index (χ1v) is 16.1. The zero-order valence-electron chi connectivity index (χ0n) is 28.1. The van der Waals surface area contributed by atoms with E-state index in [1.54, 1.807) is 30.9 Å². The van der Waals surface area contributed by atoms with E-state index < -0.39 is 36.4 Å². The monoisotopic (exact) mass is 820 g/mol. The van der Waals surface area contributed by atoms with Crippen LogP contribution < -0.4 is 20.9 Å². The molecule has 5 heterocycles. The van der Waals surface area contributed by atoms with Gasteiger partial charge >= 0.3 is 36.1 Å². The number of hydrogen-bond donors (Lipinski definition) is 3. The van der Waals surface area contributed by atoms with Crippen LogP contribution in [0.4, 0.5) is 79.1 Å². The van der Waals surface area contributed by atoms with Crippen molar-refractivity contribution in [1.29, 1.82) is 0 Å². The Hall–Kier alpha value is -6.13. The van der Waals surface area contributed by atoms with Crippen LogP contribution >= 0.6 is 11.6 Å². The molecule has 4 aromatic rings. The van der Waals surface area contributed by atoms with Crippen LogP contribution in [0.25, 0.3) is 0 Å². The van der Waals surface area contributed by atoms with Gasteiger partial charge in [-0.05, 0) is 54.3 Å². The number of piperazine rings is 1. The third-order valence-corrected chi connectivity index (χ3v) is 7.62. The molecule has 3 N–H and O–H groups in total. The van der Waals surface area contributed by atoms with Gasteiger partial charge in [-0.1, -0.05) is 11.6 Å². The average Bonchev–Trinajstić information content (AvgIpc) is 3.15. The van der Waals surface area contributed by atoms with Gasteiger partial charge in [-0.3, -0.25) is 19.4 Å². The quantitative estimate of drug-likeness (QED) is 0.121. The lowest BCUT2D eigenvalue weighted by Crippen LogP contribution is -2.50. The molecule has 56 heavy (non-hydrogen) atoms. The molecule has 6 bridgehead atoms. The topological polar surface area (TPSA) is 175 Å². The Morgan fingerprint density at radius 3 is 2.00 bits per heavy atom. The van der Waals surface area contributed by atoms with Crippen LogP contribution in [0.15, 0.2) is 61.3 Å². The summed E-state index contributed by atoms with van der Waals surface area (Å²) < 4.78 is 98.2. The Morgan fingerprint density at radius 1 is 0.786 bits per heavy atom. The molecule has 2 aliphatic rings. The molecular formula is C32H26ClF9N10O4. The highest BCUT2D eigenvalue weighted by atomic mass is 35.5. The normalized spacial score (nSPS) is 14.0. The standard InChI is InChI=1S/C26H25ClN10O.C4F6O2.C2HF3O/c27-21-16-31-24-33-20-12-17(14-28-15-20)2-3-18-13-19(32-23(21)35-24)4-5-22(18)34-26(38)37-10-8-36(9-11-37)25-29-6-1-7-30-25;5-3(6,7)1(11)2(12)4(8,9)10;3-2(4,5)1-6/h1,4-7,12-16H,2-3,8-11H2,(H,34,38)(H2,31,32,33,35);;1H. The Balaban J connectivity index is 0.000000323. The summed E-state index contributed by atoms with van der Waals surface area (Å²) in [5.74, 6) is -5.23. The number of carbonyl (C=O) groups excluding carboxylic acids is 4. The van der Waals surface area contributed by atoms with Crippen LogP contribution in [0, 0.1) is 0 Å². The summed E-state index contributed by atoms with van der Waals surface area (Å²) in [6.45, 7) is 2.51. The van der Waals surface area contributed by atoms with Gasteiger partial charge < -0.3 is 25.8 Å². The first-order chi connectivity index (χ1) is 26.2. The highest BCUT2D eigenvalue weighted by molar-refractivity contribution is 6.41. The van der Waals surface area contributed by atoms with Crippen LogP contribution in [0.1, 0.15) is 11.1 Å². The van der Waals surface area contributed by atoms with Gasteiger partial charge in [-0.25, -0.2) is 19.7 Å². The molecule has 0 spiro atoms. The van der Waals surface area contributed by atoms with E-state index in [4.69, 9.17) is 16.4 Å². The summed E-state index contributed by atoms with van der Waals surface area (Å²) >= 11 is 6.37. The van der Waals surface area contributed by atoms with Crippen molar-refractivity contribution >= 4 is 70.3 Å². The number of nitrogens with one attached hydrogen (secondary N) is 3. The van der Waals surface area contributed by atoms with Crippen LogP contribution in [0.3, 0.4) is 0 Å². The zero-order valence-corrected chi connectivity index (χ0v) is 28.9. The summed E-state index contributed by atoms with van der Waals surface area (Å²) in [7, 11) is 0. The molecule has 1 saturated heterocycles. The van der Waals surface area contributed by atoms with Crippen LogP contribution in [-0.4, -0.2) is 98.4 Å². The molecule has 0 atom stereocenters. The van der Waals surface area contributed by atoms with E-state index in [1.807, 2.05) is 35.4 Å². The summed E-state index contributed by atoms with van der Waals surface area (Å²) in [6.07, 6.45) is -7.23. The van der Waals surface area contributed by atoms with Crippen molar-refractivity contribution in [1.82, 2.24) is 29.8 Å². The Bertz CT molecular complexity index is 2010. The van der Waals surface area contributed by atoms with E-state index in [1.165, 1.54) is 0 Å². The predicted octanol–water partition coefficient (Wildman–Crippen LogP) is 6.25. The molecule has 0 saturated carbocycles. The molecule has 3 aromatic heterocycles. The number of fused-ring (bicyclic) bond motifs is 6. The number of carbonyl (C=O) groups is 4. The van der Waals surface area contributed by atoms with Gasteiger partial charge in [0.15, 0.2) is 5.82 Å². The number of halogens is 10. The zero-order chi connectivity index (χ0) is 41.3. The summed E-state index contributed by atoms with van der Waals surface area (Å²) in [5.41, 5.74) is 4.40. The number of anilines is 6. The lowest BCUT2D eigenvalue weighted by Gasteiger charge is -2.34. The van der Waals surface area contributed by atoms with Gasteiger partial charge in [-0.2, -0.15) is 44.5 Å². The number of aldehydes is 1. The lowest BCUT2D eigenvalue weighted by atomic mass is 10.0. The molecule has 24 heteroatoms. The fraction of sp³-hybridized carbons (Fsp3) is 0.281. The second-order valence-electron chi connectivity index (χ2n) is 11.4. The van der Waals surface area contributed by atoms with E-state index >= 15 is 0 Å². The highest BCUT2D eigenvalue weighted by Gasteiger charge is 2.54. The molecule has 0 radical (unpaired) electrons. The SMILES string of the molecule is O=C(C(=O)C(F)(F)F)C(F)(F)F.O=C(Nc1ccc2cc1CCc1cncc(c1)Nc1ncc(Cl)c(n1)N2)N1CCN(c2ncccn2)CC1.O=CC(F)(F)F. The van der Waals surface area contributed by atoms with E-state index in [0.717, 1.165) is 34.6 Å². The number of aromatic nitrogens is 5. The Morgan fingerprint density at radius 2 is 1.41 bits per heavy atom. The Kier molecular flexibility index (Phi) is 13.7. The number of nitrogens with zero attached hydrogens (tertiary/aromatic N) is 7. The van der Waals surface area contributed by atoms with Crippen molar-refractivity contribution in [3.63, 3.8) is 0 Å². The minimum atomic E-state index is -5.77. The third kappa shape index (κ3) is 12.5. The largest absolute Gasteiger partial charge is 0.458 e. The fourth-order valence-corrected chi connectivity index (χ4v) is 4.91. The van der Waals surface area contributed by atoms with Crippen molar-refractivity contribution in [2.75, 3.05) is 47.0 Å². The van der Waals surface area contributed by atoms with Crippen molar-refractivity contribution < 1.29 is 58.7 Å². The molecule has 298 valence electrons. The van der Waals surface area contributed by atoms with Gasteiger partial charge in [0.25, 0.3) is 0 Å². The van der Waals surface area contributed by atoms with Gasteiger partial charge in [0, 0.05) is 56.1 Å². The smallest absolute Gasteiger partial charge is 0.339 e. The molecule has 6 rings (SSSR count). The van der Waals surface area contributed by atoms with Crippen molar-refractivity contribution in [2.45, 2.75) is 31.4 Å². The number of urea groups is 1. The van der Waals surface area contributed by atoms with E-state index in [-0.39, 0.29) is 6.03 Å². The number of ketones is 2. The molecule has 0 aliphatic carbocycles. The molecule has 14 nitrogen and oxygen atoms in total. The number of aryl methyl sites for hydroxylation is 2. The summed E-state index contributed by atoms with van der Waals surface area (Å²) in [4.78, 5) is 66.8. The molecule has 2 aliphatic heterocycles. The van der Waals surface area contributed by atoms with Gasteiger partial charge in [-0.15, -0.1) is 0 Å². The lowest BCUT2D eigenvalue weighted by molar-refractivity contribution is -0.193. The maximum Gasteiger partial charge on any atom is 0.458 e. The minimum absolute atomic E-state index is 0.130. The number of hydrogen-bond acceptors (Lipinski definition) is 12. The van der Waals surface area contributed by atoms with Crippen LogP contribution in [-0.2, 0) is 27.2 Å². The van der Waals surface area contributed by atoms with Crippen molar-refractivity contribution in [3.8, 4) is 0 Å². The van der Waals surface area contributed by atoms with E-state index in [0.29, 0.717) is 55.3 Å². The van der Waals surface area contributed by atoms with E-state index in [9.17, 15) is 53.9 Å². The number of Topliss-reactive ketones (excluding diaryl/α,β-unsaturated/α-hetero) is 2. The fourth-order valence-electron chi connectivity index (χ4n) is 4.77. The van der Waals surface area contributed by atoms with E-state index in [2.05, 4.69) is 45.8 Å². The molecular weight excluding hydrogens is 795 g/mol. The number of pyridine rings is 1. The number of alkyl halides is 9. The van der Waals surface area contributed by atoms with Gasteiger partial charge in [0.1, 0.15) is 5.02 Å². The first-order valence-electron chi connectivity index (χ1n) is 15.7. The highest BCUT2D eigenvalue weighted by Crippen LogP contribution is 2.30. The maximum atomic E-state index is 13.2. The number of benzene rings is 1. The van der Waals surface area contributed by atoms with Crippen LogP contribution in [0.5, 0.6) is 0 Å². The van der Waals surface area contributed by atoms with Crippen molar-refractivity contribution in [3.05, 3.63) is 77.5 Å². The molecule has 2 amide bonds.